The number of nitrogens with zero attached hydrogens (tertiary/aromatic N) is 1. The summed E-state index contributed by atoms with van der Waals surface area (Å²) in [5.74, 6) is 5.92. The van der Waals surface area contributed by atoms with E-state index in [-0.39, 0.29) is 11.6 Å². The van der Waals surface area contributed by atoms with Gasteiger partial charge in [-0.25, -0.2) is 0 Å². The Morgan fingerprint density at radius 2 is 1.80 bits per heavy atom. The number of hydrogen-bond donors (Lipinski definition) is 2. The Bertz CT molecular complexity index is 400. The minimum absolute atomic E-state index is 0.00291. The molecule has 0 fully saturated rings. The van der Waals surface area contributed by atoms with Gasteiger partial charge >= 0.3 is 0 Å². The number of hydrogen-bond acceptors (Lipinski definition) is 3. The van der Waals surface area contributed by atoms with Gasteiger partial charge in [0, 0.05) is 10.6 Å². The van der Waals surface area contributed by atoms with E-state index in [2.05, 4.69) is 44.1 Å². The molecule has 0 saturated heterocycles. The number of benzene rings is 1. The van der Waals surface area contributed by atoms with Crippen LogP contribution in [0.1, 0.15) is 52.1 Å². The van der Waals surface area contributed by atoms with Crippen LogP contribution in [0.2, 0.25) is 5.02 Å². The zero-order valence-electron chi connectivity index (χ0n) is 13.1. The summed E-state index contributed by atoms with van der Waals surface area (Å²) in [6, 6.07) is 8.06. The monoisotopic (exact) mass is 297 g/mol. The van der Waals surface area contributed by atoms with Gasteiger partial charge in [0.2, 0.25) is 0 Å². The van der Waals surface area contributed by atoms with Gasteiger partial charge in [-0.15, -0.1) is 0 Å². The number of likely N-dealkylation sites (N-methyl/N-ethyl adjacent to an activating group) is 1. The van der Waals surface area contributed by atoms with Gasteiger partial charge < -0.3 is 0 Å². The third-order valence-corrected chi connectivity index (χ3v) is 4.74. The molecule has 0 aromatic heterocycles. The minimum Gasteiger partial charge on any atom is -0.296 e. The molecule has 1 aromatic carbocycles. The molecule has 0 heterocycles. The first-order valence-corrected chi connectivity index (χ1v) is 7.93. The Hall–Kier alpha value is -0.610. The predicted octanol–water partition coefficient (Wildman–Crippen LogP) is 3.75. The molecule has 1 unspecified atom stereocenters. The summed E-state index contributed by atoms with van der Waals surface area (Å²) in [6.07, 6.45) is 2.07. The lowest BCUT2D eigenvalue weighted by Gasteiger charge is -2.48. The van der Waals surface area contributed by atoms with Crippen LogP contribution in [0.25, 0.3) is 0 Å². The number of rotatable bonds is 8. The summed E-state index contributed by atoms with van der Waals surface area (Å²) < 4.78 is 0. The zero-order chi connectivity index (χ0) is 15.2. The molecule has 3 N–H and O–H groups in total. The Morgan fingerprint density at radius 3 is 2.20 bits per heavy atom. The van der Waals surface area contributed by atoms with Crippen LogP contribution in [-0.2, 0) is 0 Å². The SMILES string of the molecule is CCN(CC)C(CC)(CC)C(NN)c1cccc(Cl)c1. The maximum atomic E-state index is 6.15. The zero-order valence-corrected chi connectivity index (χ0v) is 13.9. The molecular weight excluding hydrogens is 270 g/mol. The van der Waals surface area contributed by atoms with Crippen molar-refractivity contribution in [3.8, 4) is 0 Å². The van der Waals surface area contributed by atoms with E-state index in [1.807, 2.05) is 18.2 Å². The lowest BCUT2D eigenvalue weighted by Crippen LogP contribution is -2.57. The van der Waals surface area contributed by atoms with E-state index in [0.717, 1.165) is 36.5 Å². The van der Waals surface area contributed by atoms with E-state index in [4.69, 9.17) is 17.4 Å². The third kappa shape index (κ3) is 3.34. The van der Waals surface area contributed by atoms with Crippen molar-refractivity contribution in [1.29, 1.82) is 0 Å². The van der Waals surface area contributed by atoms with Crippen molar-refractivity contribution in [2.75, 3.05) is 13.1 Å². The molecule has 0 bridgehead atoms. The first-order valence-electron chi connectivity index (χ1n) is 7.56. The number of nitrogens with two attached hydrogens (primary N) is 1. The van der Waals surface area contributed by atoms with Gasteiger partial charge in [-0.1, -0.05) is 51.4 Å². The predicted molar refractivity (Wildman–Crippen MR) is 87.8 cm³/mol. The summed E-state index contributed by atoms with van der Waals surface area (Å²) in [5, 5.41) is 0.753. The van der Waals surface area contributed by atoms with Crippen molar-refractivity contribution in [2.24, 2.45) is 5.84 Å². The first-order chi connectivity index (χ1) is 9.59. The molecule has 4 heteroatoms. The molecule has 3 nitrogen and oxygen atoms in total. The highest BCUT2D eigenvalue weighted by Gasteiger charge is 2.40. The molecule has 0 saturated carbocycles. The fraction of sp³-hybridized carbons (Fsp3) is 0.625. The van der Waals surface area contributed by atoms with E-state index >= 15 is 0 Å². The van der Waals surface area contributed by atoms with Gasteiger partial charge in [0.05, 0.1) is 6.04 Å². The van der Waals surface area contributed by atoms with Gasteiger partial charge in [-0.3, -0.25) is 16.2 Å². The van der Waals surface area contributed by atoms with Crippen LogP contribution in [0, 0.1) is 0 Å². The Morgan fingerprint density at radius 1 is 1.20 bits per heavy atom. The molecule has 0 radical (unpaired) electrons. The second kappa shape index (κ2) is 7.99. The van der Waals surface area contributed by atoms with E-state index in [1.165, 1.54) is 0 Å². The van der Waals surface area contributed by atoms with E-state index in [0.29, 0.717) is 0 Å². The van der Waals surface area contributed by atoms with Crippen LogP contribution in [0.5, 0.6) is 0 Å². The van der Waals surface area contributed by atoms with Crippen molar-refractivity contribution < 1.29 is 0 Å². The number of halogens is 1. The largest absolute Gasteiger partial charge is 0.296 e. The summed E-state index contributed by atoms with van der Waals surface area (Å²) in [4.78, 5) is 2.50. The van der Waals surface area contributed by atoms with Crippen molar-refractivity contribution in [1.82, 2.24) is 10.3 Å². The second-order valence-electron chi connectivity index (χ2n) is 5.14. The molecular formula is C16H28ClN3. The number of nitrogens with one attached hydrogen (secondary N) is 1. The number of hydrazine groups is 1. The molecule has 0 aliphatic rings. The maximum Gasteiger partial charge on any atom is 0.0644 e. The molecule has 0 aliphatic heterocycles. The van der Waals surface area contributed by atoms with Gasteiger partial charge in [-0.05, 0) is 43.6 Å². The molecule has 20 heavy (non-hydrogen) atoms. The molecule has 1 atom stereocenters. The van der Waals surface area contributed by atoms with E-state index in [1.54, 1.807) is 0 Å². The maximum absolute atomic E-state index is 6.15. The topological polar surface area (TPSA) is 41.3 Å². The van der Waals surface area contributed by atoms with Gasteiger partial charge in [0.15, 0.2) is 0 Å². The summed E-state index contributed by atoms with van der Waals surface area (Å²) >= 11 is 6.15. The smallest absolute Gasteiger partial charge is 0.0644 e. The molecule has 1 rings (SSSR count). The summed E-state index contributed by atoms with van der Waals surface area (Å²) in [6.45, 7) is 10.9. The van der Waals surface area contributed by atoms with Crippen LogP contribution in [0.4, 0.5) is 0 Å². The lowest BCUT2D eigenvalue weighted by molar-refractivity contribution is 0.0487. The highest BCUT2D eigenvalue weighted by atomic mass is 35.5. The van der Waals surface area contributed by atoms with Crippen molar-refractivity contribution in [2.45, 2.75) is 52.1 Å². The quantitative estimate of drug-likeness (QED) is 0.567. The minimum atomic E-state index is 0.00291. The van der Waals surface area contributed by atoms with Crippen LogP contribution in [-0.4, -0.2) is 23.5 Å². The van der Waals surface area contributed by atoms with Gasteiger partial charge in [-0.2, -0.15) is 0 Å². The van der Waals surface area contributed by atoms with E-state index in [9.17, 15) is 0 Å². The normalized spacial score (nSPS) is 13.8. The Balaban J connectivity index is 3.28. The first kappa shape index (κ1) is 17.4. The average molecular weight is 298 g/mol. The molecule has 0 amide bonds. The van der Waals surface area contributed by atoms with Crippen LogP contribution in [0.3, 0.4) is 0 Å². The third-order valence-electron chi connectivity index (χ3n) is 4.50. The summed E-state index contributed by atoms with van der Waals surface area (Å²) in [7, 11) is 0. The second-order valence-corrected chi connectivity index (χ2v) is 5.57. The van der Waals surface area contributed by atoms with Crippen LogP contribution in [0.15, 0.2) is 24.3 Å². The molecule has 0 spiro atoms. The standard InChI is InChI=1S/C16H28ClN3/c1-5-16(6-2,20(7-3)8-4)15(19-18)13-10-9-11-14(17)12-13/h9-12,15,19H,5-8,18H2,1-4H3. The Labute approximate surface area is 128 Å². The highest BCUT2D eigenvalue weighted by Crippen LogP contribution is 2.37. The molecule has 0 aliphatic carbocycles. The lowest BCUT2D eigenvalue weighted by atomic mass is 9.79. The highest BCUT2D eigenvalue weighted by molar-refractivity contribution is 6.30. The van der Waals surface area contributed by atoms with Crippen molar-refractivity contribution in [3.05, 3.63) is 34.9 Å². The summed E-state index contributed by atoms with van der Waals surface area (Å²) in [5.41, 5.74) is 4.19. The van der Waals surface area contributed by atoms with Gasteiger partial charge in [0.1, 0.15) is 0 Å². The Kier molecular flexibility index (Phi) is 6.96. The van der Waals surface area contributed by atoms with E-state index < -0.39 is 0 Å². The fourth-order valence-electron chi connectivity index (χ4n) is 3.39. The van der Waals surface area contributed by atoms with Gasteiger partial charge in [0.25, 0.3) is 0 Å². The van der Waals surface area contributed by atoms with Crippen molar-refractivity contribution >= 4 is 11.6 Å². The van der Waals surface area contributed by atoms with Crippen molar-refractivity contribution in [3.63, 3.8) is 0 Å². The average Bonchev–Trinajstić information content (AvgIpc) is 2.47. The van der Waals surface area contributed by atoms with Crippen LogP contribution < -0.4 is 11.3 Å². The molecule has 114 valence electrons. The molecule has 1 aromatic rings. The fourth-order valence-corrected chi connectivity index (χ4v) is 3.59. The van der Waals surface area contributed by atoms with Crippen LogP contribution >= 0.6 is 11.6 Å².